The van der Waals surface area contributed by atoms with E-state index in [1.54, 1.807) is 0 Å². The molecule has 0 radical (unpaired) electrons. The van der Waals surface area contributed by atoms with Crippen molar-refractivity contribution >= 4 is 18.3 Å². The van der Waals surface area contributed by atoms with Crippen LogP contribution in [0.4, 0.5) is 0 Å². The Morgan fingerprint density at radius 3 is 2.82 bits per heavy atom. The number of para-hydroxylation sites is 1. The van der Waals surface area contributed by atoms with Crippen LogP contribution in [0.2, 0.25) is 0 Å². The first kappa shape index (κ1) is 18.5. The fourth-order valence-electron chi connectivity index (χ4n) is 2.21. The van der Waals surface area contributed by atoms with E-state index in [9.17, 15) is 4.79 Å². The summed E-state index contributed by atoms with van der Waals surface area (Å²) in [5.41, 5.74) is 1.31. The van der Waals surface area contributed by atoms with Gasteiger partial charge in [-0.2, -0.15) is 0 Å². The first-order valence-electron chi connectivity index (χ1n) is 7.60. The van der Waals surface area contributed by atoms with E-state index in [1.165, 1.54) is 5.57 Å². The lowest BCUT2D eigenvalue weighted by atomic mass is 10.1. The molecule has 1 atom stereocenters. The molecule has 22 heavy (non-hydrogen) atoms. The van der Waals surface area contributed by atoms with Gasteiger partial charge >= 0.3 is 0 Å². The van der Waals surface area contributed by atoms with Crippen LogP contribution in [0.5, 0.6) is 5.75 Å². The molecule has 4 nitrogen and oxygen atoms in total. The third-order valence-electron chi connectivity index (χ3n) is 3.66. The van der Waals surface area contributed by atoms with Crippen LogP contribution in [-0.2, 0) is 4.79 Å². The van der Waals surface area contributed by atoms with Gasteiger partial charge in [0, 0.05) is 19.0 Å². The van der Waals surface area contributed by atoms with Crippen LogP contribution in [-0.4, -0.2) is 32.1 Å². The van der Waals surface area contributed by atoms with Crippen LogP contribution in [0.15, 0.2) is 42.0 Å². The van der Waals surface area contributed by atoms with Crippen molar-refractivity contribution < 1.29 is 9.53 Å². The zero-order chi connectivity index (χ0) is 14.9. The Hall–Kier alpha value is -1.52. The molecule has 0 aliphatic carbocycles. The second-order valence-corrected chi connectivity index (χ2v) is 5.39. The topological polar surface area (TPSA) is 50.4 Å². The molecule has 5 heteroatoms. The Bertz CT molecular complexity index is 477. The molecule has 122 valence electrons. The summed E-state index contributed by atoms with van der Waals surface area (Å²) in [5, 5.41) is 6.27. The Morgan fingerprint density at radius 1 is 1.36 bits per heavy atom. The lowest BCUT2D eigenvalue weighted by Crippen LogP contribution is -2.33. The van der Waals surface area contributed by atoms with Gasteiger partial charge in [0.25, 0.3) is 0 Å². The molecule has 1 aromatic rings. The molecule has 1 amide bonds. The van der Waals surface area contributed by atoms with Gasteiger partial charge in [0.05, 0.1) is 6.61 Å². The molecule has 0 saturated heterocycles. The molecule has 2 N–H and O–H groups in total. The highest BCUT2D eigenvalue weighted by Crippen LogP contribution is 2.11. The Labute approximate surface area is 138 Å². The third kappa shape index (κ3) is 6.50. The van der Waals surface area contributed by atoms with Gasteiger partial charge in [0.2, 0.25) is 5.91 Å². The second kappa shape index (κ2) is 10.2. The summed E-state index contributed by atoms with van der Waals surface area (Å²) in [7, 11) is 0. The monoisotopic (exact) mass is 324 g/mol. The molecular formula is C17H25ClN2O2. The molecule has 1 aromatic carbocycles. The minimum atomic E-state index is -0.0315. The van der Waals surface area contributed by atoms with Gasteiger partial charge in [-0.1, -0.05) is 36.8 Å². The molecule has 1 unspecified atom stereocenters. The standard InChI is InChI=1S/C17H24N2O2.ClH/c1-14(9-12-21-16-5-3-2-4-6-16)17(20)19-13-15-7-10-18-11-8-15;/h2-7,14,18H,8-13H2,1H3,(H,19,20);1H. The van der Waals surface area contributed by atoms with Crippen molar-refractivity contribution in [1.82, 2.24) is 10.6 Å². The first-order chi connectivity index (χ1) is 10.3. The Balaban J connectivity index is 0.00000242. The number of halogens is 1. The molecule has 0 spiro atoms. The largest absolute Gasteiger partial charge is 0.494 e. The van der Waals surface area contributed by atoms with E-state index in [0.29, 0.717) is 13.2 Å². The number of ether oxygens (including phenoxy) is 1. The van der Waals surface area contributed by atoms with Gasteiger partial charge in [-0.15, -0.1) is 12.4 Å². The molecule has 0 saturated carbocycles. The van der Waals surface area contributed by atoms with Crippen molar-refractivity contribution in [2.75, 3.05) is 26.2 Å². The Kier molecular flexibility index (Phi) is 8.63. The second-order valence-electron chi connectivity index (χ2n) is 5.39. The fraction of sp³-hybridized carbons (Fsp3) is 0.471. The molecule has 2 rings (SSSR count). The normalized spacial score (nSPS) is 15.2. The molecule has 1 aliphatic rings. The highest BCUT2D eigenvalue weighted by atomic mass is 35.5. The van der Waals surface area contributed by atoms with Gasteiger partial charge in [-0.05, 0) is 31.5 Å². The van der Waals surface area contributed by atoms with Crippen molar-refractivity contribution in [3.05, 3.63) is 42.0 Å². The number of amides is 1. The van der Waals surface area contributed by atoms with Gasteiger partial charge in [-0.3, -0.25) is 4.79 Å². The zero-order valence-corrected chi connectivity index (χ0v) is 13.8. The predicted molar refractivity (Wildman–Crippen MR) is 91.5 cm³/mol. The van der Waals surface area contributed by atoms with E-state index in [4.69, 9.17) is 4.74 Å². The van der Waals surface area contributed by atoms with Crippen molar-refractivity contribution in [2.45, 2.75) is 19.8 Å². The average Bonchev–Trinajstić information content (AvgIpc) is 2.54. The maximum absolute atomic E-state index is 12.0. The zero-order valence-electron chi connectivity index (χ0n) is 13.0. The SMILES string of the molecule is CC(CCOc1ccccc1)C(=O)NCC1=CCNCC1.Cl. The highest BCUT2D eigenvalue weighted by molar-refractivity contribution is 5.85. The highest BCUT2D eigenvalue weighted by Gasteiger charge is 2.13. The van der Waals surface area contributed by atoms with Gasteiger partial charge in [0.15, 0.2) is 0 Å². The Morgan fingerprint density at radius 2 is 2.14 bits per heavy atom. The van der Waals surface area contributed by atoms with E-state index in [1.807, 2.05) is 37.3 Å². The average molecular weight is 325 g/mol. The van der Waals surface area contributed by atoms with Crippen LogP contribution in [0.1, 0.15) is 19.8 Å². The summed E-state index contributed by atoms with van der Waals surface area (Å²) >= 11 is 0. The summed E-state index contributed by atoms with van der Waals surface area (Å²) in [5.74, 6) is 0.923. The number of nitrogens with one attached hydrogen (secondary N) is 2. The van der Waals surface area contributed by atoms with Gasteiger partial charge in [0.1, 0.15) is 5.75 Å². The van der Waals surface area contributed by atoms with E-state index in [0.717, 1.165) is 31.7 Å². The van der Waals surface area contributed by atoms with Crippen LogP contribution in [0.3, 0.4) is 0 Å². The molecule has 0 bridgehead atoms. The number of carbonyl (C=O) groups is 1. The van der Waals surface area contributed by atoms with E-state index < -0.39 is 0 Å². The van der Waals surface area contributed by atoms with Crippen LogP contribution in [0, 0.1) is 5.92 Å². The summed E-state index contributed by atoms with van der Waals surface area (Å²) in [6.07, 6.45) is 3.90. The van der Waals surface area contributed by atoms with E-state index >= 15 is 0 Å². The number of rotatable bonds is 7. The molecular weight excluding hydrogens is 300 g/mol. The van der Waals surface area contributed by atoms with Crippen molar-refractivity contribution in [2.24, 2.45) is 5.92 Å². The van der Waals surface area contributed by atoms with Gasteiger partial charge in [-0.25, -0.2) is 0 Å². The summed E-state index contributed by atoms with van der Waals surface area (Å²) in [6, 6.07) is 9.69. The minimum Gasteiger partial charge on any atom is -0.494 e. The lowest BCUT2D eigenvalue weighted by molar-refractivity contribution is -0.124. The predicted octanol–water partition coefficient (Wildman–Crippen LogP) is 2.55. The number of benzene rings is 1. The van der Waals surface area contributed by atoms with Crippen LogP contribution < -0.4 is 15.4 Å². The van der Waals surface area contributed by atoms with E-state index in [2.05, 4.69) is 16.7 Å². The van der Waals surface area contributed by atoms with Crippen molar-refractivity contribution in [3.63, 3.8) is 0 Å². The number of hydrogen-bond acceptors (Lipinski definition) is 3. The molecule has 1 aliphatic heterocycles. The smallest absolute Gasteiger partial charge is 0.223 e. The summed E-state index contributed by atoms with van der Waals surface area (Å²) in [6.45, 7) is 5.09. The third-order valence-corrected chi connectivity index (χ3v) is 3.66. The quantitative estimate of drug-likeness (QED) is 0.758. The maximum Gasteiger partial charge on any atom is 0.223 e. The van der Waals surface area contributed by atoms with Crippen LogP contribution >= 0.6 is 12.4 Å². The van der Waals surface area contributed by atoms with E-state index in [-0.39, 0.29) is 24.2 Å². The molecule has 1 heterocycles. The van der Waals surface area contributed by atoms with Crippen molar-refractivity contribution in [3.8, 4) is 5.75 Å². The maximum atomic E-state index is 12.0. The summed E-state index contributed by atoms with van der Waals surface area (Å²) in [4.78, 5) is 12.0. The minimum absolute atomic E-state index is 0. The summed E-state index contributed by atoms with van der Waals surface area (Å²) < 4.78 is 5.62. The van der Waals surface area contributed by atoms with Crippen molar-refractivity contribution in [1.29, 1.82) is 0 Å². The van der Waals surface area contributed by atoms with Crippen LogP contribution in [0.25, 0.3) is 0 Å². The van der Waals surface area contributed by atoms with Gasteiger partial charge < -0.3 is 15.4 Å². The number of carbonyl (C=O) groups excluding carboxylic acids is 1. The molecule has 0 fully saturated rings. The molecule has 0 aromatic heterocycles. The lowest BCUT2D eigenvalue weighted by Gasteiger charge is -2.17. The number of hydrogen-bond donors (Lipinski definition) is 2. The first-order valence-corrected chi connectivity index (χ1v) is 7.60. The fourth-order valence-corrected chi connectivity index (χ4v) is 2.21.